The second kappa shape index (κ2) is 10.1. The summed E-state index contributed by atoms with van der Waals surface area (Å²) in [5, 5.41) is 14.7. The Kier molecular flexibility index (Phi) is 6.96. The number of hydrogen-bond acceptors (Lipinski definition) is 4. The molecule has 7 heteroatoms. The average Bonchev–Trinajstić information content (AvgIpc) is 3.60. The molecule has 2 aliphatic carbocycles. The van der Waals surface area contributed by atoms with Crippen LogP contribution < -0.4 is 10.6 Å². The molecule has 0 aliphatic heterocycles. The normalized spacial score (nSPS) is 16.3. The fourth-order valence-electron chi connectivity index (χ4n) is 4.62. The standard InChI is InChI=1S/C26H30N2O5/c1-2-7-22(25(30)31)27-24(29)14-23(16-12-13-16)28-26(32)33-15-21-19-10-5-3-8-17(19)18-9-4-6-11-20(18)21/h3-6,8-11,16,21-23H,2,7,12-15H2,1H3,(H,27,29)(H,28,32)(H,30,31). The lowest BCUT2D eigenvalue weighted by Gasteiger charge is -2.21. The van der Waals surface area contributed by atoms with Crippen molar-refractivity contribution in [3.05, 3.63) is 59.7 Å². The maximum absolute atomic E-state index is 12.6. The number of hydrogen-bond donors (Lipinski definition) is 3. The lowest BCUT2D eigenvalue weighted by atomic mass is 9.98. The molecule has 174 valence electrons. The monoisotopic (exact) mass is 450 g/mol. The number of carbonyl (C=O) groups excluding carboxylic acids is 2. The van der Waals surface area contributed by atoms with E-state index in [1.807, 2.05) is 31.2 Å². The van der Waals surface area contributed by atoms with Gasteiger partial charge in [-0.25, -0.2) is 9.59 Å². The molecule has 3 N–H and O–H groups in total. The van der Waals surface area contributed by atoms with Gasteiger partial charge in [0.1, 0.15) is 12.6 Å². The van der Waals surface area contributed by atoms with Crippen molar-refractivity contribution in [2.24, 2.45) is 5.92 Å². The van der Waals surface area contributed by atoms with Gasteiger partial charge in [-0.05, 0) is 47.4 Å². The third kappa shape index (κ3) is 5.35. The smallest absolute Gasteiger partial charge is 0.407 e. The van der Waals surface area contributed by atoms with Gasteiger partial charge in [0.15, 0.2) is 0 Å². The second-order valence-corrected chi connectivity index (χ2v) is 8.86. The molecule has 1 saturated carbocycles. The predicted octanol–water partition coefficient (Wildman–Crippen LogP) is 4.06. The molecule has 0 heterocycles. The van der Waals surface area contributed by atoms with E-state index in [0.717, 1.165) is 35.1 Å². The molecule has 7 nitrogen and oxygen atoms in total. The van der Waals surface area contributed by atoms with Crippen molar-refractivity contribution in [1.82, 2.24) is 10.6 Å². The highest BCUT2D eigenvalue weighted by Gasteiger charge is 2.35. The molecule has 0 saturated heterocycles. The van der Waals surface area contributed by atoms with Crippen LogP contribution in [-0.4, -0.2) is 41.8 Å². The highest BCUT2D eigenvalue weighted by molar-refractivity contribution is 5.84. The Bertz CT molecular complexity index is 987. The minimum Gasteiger partial charge on any atom is -0.480 e. The van der Waals surface area contributed by atoms with Crippen molar-refractivity contribution in [3.63, 3.8) is 0 Å². The molecule has 2 atom stereocenters. The molecule has 2 aliphatic rings. The van der Waals surface area contributed by atoms with Crippen LogP contribution in [0.2, 0.25) is 0 Å². The minimum absolute atomic E-state index is 0.0313. The van der Waals surface area contributed by atoms with Crippen LogP contribution in [0.25, 0.3) is 11.1 Å². The van der Waals surface area contributed by atoms with Crippen molar-refractivity contribution in [3.8, 4) is 11.1 Å². The van der Waals surface area contributed by atoms with Crippen LogP contribution in [0.4, 0.5) is 4.79 Å². The van der Waals surface area contributed by atoms with Gasteiger partial charge in [0.25, 0.3) is 0 Å². The fourth-order valence-corrected chi connectivity index (χ4v) is 4.62. The van der Waals surface area contributed by atoms with Crippen LogP contribution in [0.3, 0.4) is 0 Å². The quantitative estimate of drug-likeness (QED) is 0.506. The molecule has 0 spiro atoms. The molecule has 33 heavy (non-hydrogen) atoms. The molecular weight excluding hydrogens is 420 g/mol. The number of amides is 2. The SMILES string of the molecule is CCCC(NC(=O)CC(NC(=O)OCC1c2ccccc2-c2ccccc21)C1CC1)C(=O)O. The first kappa shape index (κ1) is 22.8. The number of rotatable bonds is 10. The number of benzene rings is 2. The third-order valence-corrected chi connectivity index (χ3v) is 6.45. The van der Waals surface area contributed by atoms with E-state index in [4.69, 9.17) is 4.74 Å². The summed E-state index contributed by atoms with van der Waals surface area (Å²) < 4.78 is 5.61. The number of alkyl carbamates (subject to hydrolysis) is 1. The molecule has 2 amide bonds. The van der Waals surface area contributed by atoms with Crippen LogP contribution in [0, 0.1) is 5.92 Å². The summed E-state index contributed by atoms with van der Waals surface area (Å²) in [5.74, 6) is -1.23. The lowest BCUT2D eigenvalue weighted by Crippen LogP contribution is -2.45. The van der Waals surface area contributed by atoms with E-state index < -0.39 is 18.1 Å². The maximum atomic E-state index is 12.6. The van der Waals surface area contributed by atoms with Crippen LogP contribution >= 0.6 is 0 Å². The van der Waals surface area contributed by atoms with E-state index in [0.29, 0.717) is 12.8 Å². The van der Waals surface area contributed by atoms with Gasteiger partial charge in [0, 0.05) is 18.4 Å². The van der Waals surface area contributed by atoms with Gasteiger partial charge in [-0.3, -0.25) is 4.79 Å². The molecule has 4 rings (SSSR count). The number of carboxylic acid groups (broad SMARTS) is 1. The number of carboxylic acids is 1. The summed E-state index contributed by atoms with van der Waals surface area (Å²) in [4.78, 5) is 36.4. The van der Waals surface area contributed by atoms with Crippen LogP contribution in [-0.2, 0) is 14.3 Å². The molecule has 0 bridgehead atoms. The fraction of sp³-hybridized carbons (Fsp3) is 0.423. The molecule has 2 aromatic carbocycles. The van der Waals surface area contributed by atoms with Crippen molar-refractivity contribution >= 4 is 18.0 Å². The number of nitrogens with one attached hydrogen (secondary N) is 2. The summed E-state index contributed by atoms with van der Waals surface area (Å²) in [6, 6.07) is 15.0. The van der Waals surface area contributed by atoms with Gasteiger partial charge in [-0.2, -0.15) is 0 Å². The van der Waals surface area contributed by atoms with E-state index in [9.17, 15) is 19.5 Å². The molecule has 0 aromatic heterocycles. The molecular formula is C26H30N2O5. The number of aliphatic carboxylic acids is 1. The number of ether oxygens (including phenoxy) is 1. The van der Waals surface area contributed by atoms with Gasteiger partial charge in [0.2, 0.25) is 5.91 Å². The van der Waals surface area contributed by atoms with E-state index in [1.165, 1.54) is 0 Å². The molecule has 0 radical (unpaired) electrons. The van der Waals surface area contributed by atoms with Gasteiger partial charge in [-0.1, -0.05) is 61.9 Å². The zero-order valence-electron chi connectivity index (χ0n) is 18.8. The summed E-state index contributed by atoms with van der Waals surface area (Å²) >= 11 is 0. The Morgan fingerprint density at radius 2 is 1.61 bits per heavy atom. The van der Waals surface area contributed by atoms with Gasteiger partial charge in [0.05, 0.1) is 0 Å². The largest absolute Gasteiger partial charge is 0.480 e. The van der Waals surface area contributed by atoms with Crippen molar-refractivity contribution in [2.75, 3.05) is 6.61 Å². The number of fused-ring (bicyclic) bond motifs is 3. The Morgan fingerprint density at radius 3 is 2.15 bits per heavy atom. The Hall–Kier alpha value is -3.35. The third-order valence-electron chi connectivity index (χ3n) is 6.45. The van der Waals surface area contributed by atoms with Crippen molar-refractivity contribution in [2.45, 2.75) is 57.0 Å². The predicted molar refractivity (Wildman–Crippen MR) is 124 cm³/mol. The van der Waals surface area contributed by atoms with Crippen LogP contribution in [0.15, 0.2) is 48.5 Å². The highest BCUT2D eigenvalue weighted by atomic mass is 16.5. The molecule has 1 fully saturated rings. The topological polar surface area (TPSA) is 105 Å². The lowest BCUT2D eigenvalue weighted by molar-refractivity contribution is -0.142. The Morgan fingerprint density at radius 1 is 1.00 bits per heavy atom. The average molecular weight is 451 g/mol. The van der Waals surface area contributed by atoms with E-state index in [2.05, 4.69) is 34.9 Å². The summed E-state index contributed by atoms with van der Waals surface area (Å²) in [5.41, 5.74) is 4.60. The zero-order valence-corrected chi connectivity index (χ0v) is 18.8. The van der Waals surface area contributed by atoms with E-state index in [1.54, 1.807) is 0 Å². The minimum atomic E-state index is -1.04. The summed E-state index contributed by atoms with van der Waals surface area (Å²) in [7, 11) is 0. The van der Waals surface area contributed by atoms with E-state index >= 15 is 0 Å². The van der Waals surface area contributed by atoms with Gasteiger partial charge < -0.3 is 20.5 Å². The van der Waals surface area contributed by atoms with E-state index in [-0.39, 0.29) is 36.8 Å². The first-order valence-corrected chi connectivity index (χ1v) is 11.6. The number of carbonyl (C=O) groups is 3. The summed E-state index contributed by atoms with van der Waals surface area (Å²) in [6.45, 7) is 2.08. The second-order valence-electron chi connectivity index (χ2n) is 8.86. The first-order chi connectivity index (χ1) is 16.0. The zero-order chi connectivity index (χ0) is 23.4. The summed E-state index contributed by atoms with van der Waals surface area (Å²) in [6.07, 6.45) is 2.38. The van der Waals surface area contributed by atoms with Crippen molar-refractivity contribution in [1.29, 1.82) is 0 Å². The highest BCUT2D eigenvalue weighted by Crippen LogP contribution is 2.44. The Labute approximate surface area is 193 Å². The molecule has 2 aromatic rings. The first-order valence-electron chi connectivity index (χ1n) is 11.6. The molecule has 2 unspecified atom stereocenters. The van der Waals surface area contributed by atoms with Crippen LogP contribution in [0.5, 0.6) is 0 Å². The Balaban J connectivity index is 1.35. The van der Waals surface area contributed by atoms with Gasteiger partial charge in [-0.15, -0.1) is 0 Å². The van der Waals surface area contributed by atoms with Crippen molar-refractivity contribution < 1.29 is 24.2 Å². The maximum Gasteiger partial charge on any atom is 0.407 e. The van der Waals surface area contributed by atoms with Gasteiger partial charge >= 0.3 is 12.1 Å². The van der Waals surface area contributed by atoms with Crippen LogP contribution in [0.1, 0.15) is 56.1 Å².